The molecule has 0 aliphatic carbocycles. The summed E-state index contributed by atoms with van der Waals surface area (Å²) in [5, 5.41) is 7.28. The van der Waals surface area contributed by atoms with Gasteiger partial charge in [0.25, 0.3) is 5.70 Å². The van der Waals surface area contributed by atoms with Crippen molar-refractivity contribution in [2.45, 2.75) is 13.3 Å². The molecule has 2 heterocycles. The average molecular weight is 378 g/mol. The summed E-state index contributed by atoms with van der Waals surface area (Å²) >= 11 is 0. The van der Waals surface area contributed by atoms with Crippen LogP contribution >= 0.6 is 0 Å². The van der Waals surface area contributed by atoms with E-state index < -0.39 is 11.6 Å². The van der Waals surface area contributed by atoms with Crippen LogP contribution in [0.25, 0.3) is 0 Å². The Balaban J connectivity index is 1.39. The van der Waals surface area contributed by atoms with Crippen LogP contribution in [0.15, 0.2) is 39.7 Å². The van der Waals surface area contributed by atoms with Crippen molar-refractivity contribution in [3.63, 3.8) is 0 Å². The van der Waals surface area contributed by atoms with Gasteiger partial charge in [0.2, 0.25) is 12.2 Å². The Morgan fingerprint density at radius 1 is 1.33 bits per heavy atom. The first-order chi connectivity index (χ1) is 13.0. The number of hydrogen-bond donors (Lipinski definition) is 2. The van der Waals surface area contributed by atoms with Gasteiger partial charge in [0, 0.05) is 12.6 Å². The van der Waals surface area contributed by atoms with Crippen molar-refractivity contribution in [1.82, 2.24) is 10.2 Å². The number of quaternary nitrogens is 1. The molecule has 8 nitrogen and oxygen atoms in total. The number of ether oxygens (including phenoxy) is 1. The van der Waals surface area contributed by atoms with Gasteiger partial charge in [-0.1, -0.05) is 5.10 Å². The Morgan fingerprint density at radius 3 is 2.93 bits per heavy atom. The second-order valence-corrected chi connectivity index (χ2v) is 5.91. The van der Waals surface area contributed by atoms with E-state index in [1.54, 1.807) is 6.92 Å². The molecule has 2 aliphatic rings. The highest BCUT2D eigenvalue weighted by atomic mass is 19.2. The number of amides is 2. The summed E-state index contributed by atoms with van der Waals surface area (Å²) in [4.78, 5) is 29.6. The second kappa shape index (κ2) is 8.04. The summed E-state index contributed by atoms with van der Waals surface area (Å²) in [5.41, 5.74) is 0.983. The van der Waals surface area contributed by atoms with E-state index in [4.69, 9.17) is 4.74 Å². The lowest BCUT2D eigenvalue weighted by atomic mass is 10.3. The molecule has 1 aromatic rings. The predicted molar refractivity (Wildman–Crippen MR) is 91.8 cm³/mol. The molecule has 0 aromatic heterocycles. The molecule has 0 saturated heterocycles. The van der Waals surface area contributed by atoms with E-state index in [9.17, 15) is 18.4 Å². The van der Waals surface area contributed by atoms with Crippen molar-refractivity contribution in [2.24, 2.45) is 10.1 Å². The Hall–Kier alpha value is -3.14. The number of benzene rings is 1. The largest absolute Gasteiger partial charge is 0.493 e. The average Bonchev–Trinajstić information content (AvgIpc) is 3.02. The minimum absolute atomic E-state index is 0.156. The lowest BCUT2D eigenvalue weighted by Gasteiger charge is -2.21. The molecule has 0 radical (unpaired) electrons. The van der Waals surface area contributed by atoms with Crippen LogP contribution in [0.1, 0.15) is 13.3 Å². The molecule has 3 rings (SSSR count). The highest BCUT2D eigenvalue weighted by Gasteiger charge is 2.37. The summed E-state index contributed by atoms with van der Waals surface area (Å²) in [5.74, 6) is -2.36. The van der Waals surface area contributed by atoms with Gasteiger partial charge >= 0.3 is 5.91 Å². The van der Waals surface area contributed by atoms with Gasteiger partial charge in [-0.15, -0.1) is 5.01 Å². The maximum atomic E-state index is 13.1. The summed E-state index contributed by atoms with van der Waals surface area (Å²) < 4.78 is 31.2. The van der Waals surface area contributed by atoms with E-state index in [1.807, 2.05) is 0 Å². The van der Waals surface area contributed by atoms with Crippen LogP contribution in [0.2, 0.25) is 0 Å². The van der Waals surface area contributed by atoms with Crippen LogP contribution in [-0.4, -0.2) is 49.1 Å². The molecule has 1 aromatic carbocycles. The lowest BCUT2D eigenvalue weighted by Crippen LogP contribution is -3.06. The van der Waals surface area contributed by atoms with E-state index in [0.29, 0.717) is 29.4 Å². The fourth-order valence-electron chi connectivity index (χ4n) is 2.54. The van der Waals surface area contributed by atoms with Gasteiger partial charge in [-0.2, -0.15) is 4.99 Å². The molecule has 0 bridgehead atoms. The Labute approximate surface area is 153 Å². The molecule has 1 unspecified atom stereocenters. The molecule has 1 atom stereocenters. The summed E-state index contributed by atoms with van der Waals surface area (Å²) in [6.07, 6.45) is 3.30. The van der Waals surface area contributed by atoms with Gasteiger partial charge in [0.05, 0.1) is 6.61 Å². The van der Waals surface area contributed by atoms with Crippen molar-refractivity contribution in [3.05, 3.63) is 41.2 Å². The van der Waals surface area contributed by atoms with Gasteiger partial charge in [0.1, 0.15) is 18.0 Å². The highest BCUT2D eigenvalue weighted by Crippen LogP contribution is 2.15. The predicted octanol–water partition coefficient (Wildman–Crippen LogP) is -0.206. The number of nitrogens with zero attached hydrogens (tertiary/aromatic N) is 3. The fourth-order valence-corrected chi connectivity index (χ4v) is 2.54. The van der Waals surface area contributed by atoms with Gasteiger partial charge < -0.3 is 10.1 Å². The molecule has 27 heavy (non-hydrogen) atoms. The number of nitrogens with one attached hydrogen (secondary N) is 2. The third-order valence-electron chi connectivity index (χ3n) is 3.93. The second-order valence-electron chi connectivity index (χ2n) is 5.91. The number of rotatable bonds is 7. The first-order valence-corrected chi connectivity index (χ1v) is 8.27. The van der Waals surface area contributed by atoms with Gasteiger partial charge in [-0.25, -0.2) is 8.78 Å². The SMILES string of the molecule is CC1=C2C(=O)N(CC(=O)NCCCOc3ccc(F)c(F)c3)C=N[NH+]2C=N1. The molecule has 10 heteroatoms. The maximum absolute atomic E-state index is 13.1. The van der Waals surface area contributed by atoms with Gasteiger partial charge in [-0.05, 0) is 25.5 Å². The molecule has 0 spiro atoms. The van der Waals surface area contributed by atoms with E-state index >= 15 is 0 Å². The number of allylic oxidation sites excluding steroid dienone is 1. The highest BCUT2D eigenvalue weighted by molar-refractivity contribution is 6.03. The van der Waals surface area contributed by atoms with Crippen LogP contribution < -0.4 is 15.1 Å². The fraction of sp³-hybridized carbons (Fsp3) is 0.294. The first kappa shape index (κ1) is 18.6. The smallest absolute Gasteiger partial charge is 0.318 e. The van der Waals surface area contributed by atoms with Crippen LogP contribution in [-0.2, 0) is 9.59 Å². The van der Waals surface area contributed by atoms with E-state index in [1.165, 1.54) is 23.6 Å². The zero-order valence-electron chi connectivity index (χ0n) is 14.5. The van der Waals surface area contributed by atoms with E-state index in [0.717, 1.165) is 12.1 Å². The van der Waals surface area contributed by atoms with Crippen LogP contribution in [0.5, 0.6) is 5.75 Å². The topological polar surface area (TPSA) is 87.8 Å². The molecule has 142 valence electrons. The zero-order chi connectivity index (χ0) is 19.4. The van der Waals surface area contributed by atoms with Crippen molar-refractivity contribution in [1.29, 1.82) is 0 Å². The summed E-state index contributed by atoms with van der Waals surface area (Å²) in [6, 6.07) is 3.27. The molecule has 2 amide bonds. The van der Waals surface area contributed by atoms with Crippen molar-refractivity contribution < 1.29 is 28.1 Å². The minimum atomic E-state index is -0.980. The Morgan fingerprint density at radius 2 is 2.15 bits per heavy atom. The lowest BCUT2D eigenvalue weighted by molar-refractivity contribution is -0.756. The molecule has 0 saturated carbocycles. The monoisotopic (exact) mass is 378 g/mol. The van der Waals surface area contributed by atoms with Crippen molar-refractivity contribution in [3.8, 4) is 5.75 Å². The Bertz CT molecular complexity index is 853. The van der Waals surface area contributed by atoms with Crippen molar-refractivity contribution >= 4 is 24.5 Å². The minimum Gasteiger partial charge on any atom is -0.493 e. The number of hydrogen-bond acceptors (Lipinski definition) is 5. The third kappa shape index (κ3) is 4.34. The Kier molecular flexibility index (Phi) is 5.55. The molecular weight excluding hydrogens is 360 g/mol. The quantitative estimate of drug-likeness (QED) is 0.644. The molecule has 2 N–H and O–H groups in total. The number of aliphatic imine (C=N–C) groups is 1. The molecule has 0 fully saturated rings. The van der Waals surface area contributed by atoms with Gasteiger partial charge in [0.15, 0.2) is 18.0 Å². The molecule has 2 aliphatic heterocycles. The van der Waals surface area contributed by atoms with E-state index in [-0.39, 0.29) is 30.7 Å². The zero-order valence-corrected chi connectivity index (χ0v) is 14.5. The maximum Gasteiger partial charge on any atom is 0.318 e. The standard InChI is InChI=1S/C17H17F2N5O3/c1-11-16-17(26)23(10-22-24(16)9-21-11)8-15(25)20-5-2-6-27-12-3-4-13(18)14(19)7-12/h3-4,7,9-10H,2,5-6,8H2,1H3,(H,20,25)/p+1. The summed E-state index contributed by atoms with van der Waals surface area (Å²) in [6.45, 7) is 2.08. The number of fused-ring (bicyclic) bond motifs is 1. The number of carbonyl (C=O) groups is 2. The van der Waals surface area contributed by atoms with Crippen LogP contribution in [0.4, 0.5) is 8.78 Å². The first-order valence-electron chi connectivity index (χ1n) is 8.27. The normalized spacial score (nSPS) is 18.1. The van der Waals surface area contributed by atoms with Crippen LogP contribution in [0, 0.1) is 11.6 Å². The van der Waals surface area contributed by atoms with E-state index in [2.05, 4.69) is 15.4 Å². The number of carbonyl (C=O) groups excluding carboxylic acids is 2. The van der Waals surface area contributed by atoms with Crippen LogP contribution in [0.3, 0.4) is 0 Å². The summed E-state index contributed by atoms with van der Waals surface area (Å²) in [7, 11) is 0. The van der Waals surface area contributed by atoms with Gasteiger partial charge in [-0.3, -0.25) is 14.5 Å². The van der Waals surface area contributed by atoms with Crippen molar-refractivity contribution in [2.75, 3.05) is 19.7 Å². The number of halogens is 2. The molecular formula is C17H18F2N5O3+. The third-order valence-corrected chi connectivity index (χ3v) is 3.93.